The Kier molecular flexibility index (Phi) is 5.26. The molecule has 1 heterocycles. The largest absolute Gasteiger partial charge is 0.480 e. The van der Waals surface area contributed by atoms with E-state index in [0.717, 1.165) is 18.4 Å². The summed E-state index contributed by atoms with van der Waals surface area (Å²) < 4.78 is 13.6. The van der Waals surface area contributed by atoms with Gasteiger partial charge in [0.1, 0.15) is 11.9 Å². The fourth-order valence-corrected chi connectivity index (χ4v) is 3.22. The molecule has 1 fully saturated rings. The lowest BCUT2D eigenvalue weighted by Crippen LogP contribution is -2.49. The number of aliphatic carboxylic acids is 1. The lowest BCUT2D eigenvalue weighted by molar-refractivity contribution is -0.143. The molecule has 0 aromatic heterocycles. The first-order valence-electron chi connectivity index (χ1n) is 7.46. The van der Waals surface area contributed by atoms with Crippen LogP contribution in [0.3, 0.4) is 0 Å². The molecule has 1 aliphatic rings. The maximum absolute atomic E-state index is 13.6. The molecule has 1 aliphatic heterocycles. The number of rotatable bonds is 5. The topological polar surface area (TPSA) is 83.6 Å². The number of hydrogen-bond acceptors (Lipinski definition) is 3. The smallest absolute Gasteiger partial charge is 0.321 e. The minimum absolute atomic E-state index is 0.0608. The van der Waals surface area contributed by atoms with Gasteiger partial charge in [-0.2, -0.15) is 0 Å². The molecule has 126 valence electrons. The van der Waals surface area contributed by atoms with Gasteiger partial charge >= 0.3 is 5.97 Å². The number of nitrogens with two attached hydrogens (primary N) is 1. The number of nitrogens with zero attached hydrogens (tertiary/aromatic N) is 1. The van der Waals surface area contributed by atoms with Crippen LogP contribution in [0.5, 0.6) is 0 Å². The second kappa shape index (κ2) is 6.84. The van der Waals surface area contributed by atoms with E-state index in [1.807, 2.05) is 6.92 Å². The Balaban J connectivity index is 2.13. The van der Waals surface area contributed by atoms with Crippen LogP contribution >= 0.6 is 11.6 Å². The van der Waals surface area contributed by atoms with Crippen LogP contribution < -0.4 is 5.73 Å². The molecular weight excluding hydrogens is 323 g/mol. The van der Waals surface area contributed by atoms with Crippen LogP contribution in [0.1, 0.15) is 31.7 Å². The normalized spacial score (nSPS) is 22.2. The summed E-state index contributed by atoms with van der Waals surface area (Å²) in [5.74, 6) is -1.97. The molecule has 0 radical (unpaired) electrons. The van der Waals surface area contributed by atoms with Crippen LogP contribution in [0, 0.1) is 5.82 Å². The third-order valence-corrected chi connectivity index (χ3v) is 4.64. The summed E-state index contributed by atoms with van der Waals surface area (Å²) in [6, 6.07) is 3.40. The first kappa shape index (κ1) is 17.7. The van der Waals surface area contributed by atoms with Gasteiger partial charge in [0.2, 0.25) is 5.91 Å². The van der Waals surface area contributed by atoms with Gasteiger partial charge in [0.25, 0.3) is 0 Å². The number of hydrogen-bond donors (Lipinski definition) is 2. The zero-order valence-corrected chi connectivity index (χ0v) is 13.6. The number of amides is 1. The summed E-state index contributed by atoms with van der Waals surface area (Å²) >= 11 is 5.69. The molecule has 0 saturated carbocycles. The average molecular weight is 343 g/mol. The van der Waals surface area contributed by atoms with Crippen molar-refractivity contribution in [1.82, 2.24) is 4.90 Å². The zero-order valence-electron chi connectivity index (χ0n) is 12.9. The highest BCUT2D eigenvalue weighted by atomic mass is 35.5. The minimum atomic E-state index is -1.21. The summed E-state index contributed by atoms with van der Waals surface area (Å²) in [5.41, 5.74) is 5.72. The van der Waals surface area contributed by atoms with Gasteiger partial charge in [0.15, 0.2) is 0 Å². The molecule has 2 atom stereocenters. The molecule has 1 unspecified atom stereocenters. The molecule has 1 amide bonds. The van der Waals surface area contributed by atoms with Crippen molar-refractivity contribution in [1.29, 1.82) is 0 Å². The molecule has 5 nitrogen and oxygen atoms in total. The number of carboxylic acid groups (broad SMARTS) is 1. The molecular formula is C16H20ClFN2O3. The number of carbonyl (C=O) groups is 2. The zero-order chi connectivity index (χ0) is 17.2. The second-order valence-corrected chi connectivity index (χ2v) is 6.63. The average Bonchev–Trinajstić information content (AvgIpc) is 2.84. The van der Waals surface area contributed by atoms with Crippen LogP contribution in [0.25, 0.3) is 0 Å². The molecule has 1 aromatic rings. The van der Waals surface area contributed by atoms with Crippen molar-refractivity contribution in [2.24, 2.45) is 5.73 Å². The molecule has 1 aromatic carbocycles. The molecule has 23 heavy (non-hydrogen) atoms. The van der Waals surface area contributed by atoms with Crippen molar-refractivity contribution < 1.29 is 19.1 Å². The summed E-state index contributed by atoms with van der Waals surface area (Å²) in [4.78, 5) is 24.9. The van der Waals surface area contributed by atoms with Crippen LogP contribution in [-0.4, -0.2) is 40.0 Å². The summed E-state index contributed by atoms with van der Waals surface area (Å²) in [6.45, 7) is 2.48. The van der Waals surface area contributed by atoms with Gasteiger partial charge in [-0.05, 0) is 43.9 Å². The molecule has 0 bridgehead atoms. The number of benzene rings is 1. The summed E-state index contributed by atoms with van der Waals surface area (Å²) in [6.07, 6.45) is 1.83. The highest BCUT2D eigenvalue weighted by Gasteiger charge is 2.40. The van der Waals surface area contributed by atoms with Crippen LogP contribution in [0.15, 0.2) is 18.2 Å². The Bertz CT molecular complexity index is 625. The van der Waals surface area contributed by atoms with Gasteiger partial charge in [-0.15, -0.1) is 0 Å². The first-order chi connectivity index (χ1) is 10.7. The van der Waals surface area contributed by atoms with Crippen LogP contribution in [0.4, 0.5) is 4.39 Å². The van der Waals surface area contributed by atoms with Gasteiger partial charge in [-0.1, -0.05) is 17.7 Å². The van der Waals surface area contributed by atoms with Gasteiger partial charge in [-0.25, -0.2) is 4.39 Å². The Morgan fingerprint density at radius 1 is 1.52 bits per heavy atom. The Morgan fingerprint density at radius 2 is 2.22 bits per heavy atom. The maximum atomic E-state index is 13.6. The highest BCUT2D eigenvalue weighted by Crippen LogP contribution is 2.33. The van der Waals surface area contributed by atoms with Crippen LogP contribution in [0.2, 0.25) is 5.02 Å². The summed E-state index contributed by atoms with van der Waals surface area (Å²) in [5, 5.41) is 8.91. The monoisotopic (exact) mass is 342 g/mol. The van der Waals surface area contributed by atoms with Gasteiger partial charge in [-0.3, -0.25) is 9.59 Å². The molecule has 0 aliphatic carbocycles. The van der Waals surface area contributed by atoms with Crippen molar-refractivity contribution in [2.45, 2.75) is 44.2 Å². The minimum Gasteiger partial charge on any atom is -0.480 e. The van der Waals surface area contributed by atoms with Crippen molar-refractivity contribution in [3.05, 3.63) is 34.6 Å². The third kappa shape index (κ3) is 4.00. The van der Waals surface area contributed by atoms with E-state index in [1.54, 1.807) is 11.0 Å². The fourth-order valence-electron chi connectivity index (χ4n) is 3.11. The Morgan fingerprint density at radius 3 is 2.83 bits per heavy atom. The lowest BCUT2D eigenvalue weighted by Gasteiger charge is -2.36. The summed E-state index contributed by atoms with van der Waals surface area (Å²) in [7, 11) is 0. The van der Waals surface area contributed by atoms with E-state index in [4.69, 9.17) is 22.4 Å². The molecule has 7 heteroatoms. The van der Waals surface area contributed by atoms with Crippen molar-refractivity contribution >= 4 is 23.5 Å². The number of halogens is 2. The number of likely N-dealkylation sites (tertiary alicyclic amines) is 1. The predicted octanol–water partition coefficient (Wildman–Crippen LogP) is 2.20. The maximum Gasteiger partial charge on any atom is 0.321 e. The van der Waals surface area contributed by atoms with Crippen molar-refractivity contribution in [3.8, 4) is 0 Å². The number of carboxylic acids is 1. The molecule has 0 spiro atoms. The Labute approximate surface area is 139 Å². The fraction of sp³-hybridized carbons (Fsp3) is 0.500. The second-order valence-electron chi connectivity index (χ2n) is 6.22. The molecule has 2 rings (SSSR count). The molecule has 3 N–H and O–H groups in total. The van der Waals surface area contributed by atoms with Crippen molar-refractivity contribution in [2.75, 3.05) is 6.54 Å². The van der Waals surface area contributed by atoms with E-state index in [1.165, 1.54) is 12.1 Å². The Hall–Kier alpha value is -1.66. The van der Waals surface area contributed by atoms with E-state index in [9.17, 15) is 14.0 Å². The van der Waals surface area contributed by atoms with E-state index < -0.39 is 23.4 Å². The lowest BCUT2D eigenvalue weighted by atomic mass is 9.89. The van der Waals surface area contributed by atoms with E-state index in [-0.39, 0.29) is 17.4 Å². The van der Waals surface area contributed by atoms with E-state index >= 15 is 0 Å². The van der Waals surface area contributed by atoms with Crippen LogP contribution in [-0.2, 0) is 16.0 Å². The number of carbonyl (C=O) groups excluding carboxylic acids is 1. The highest BCUT2D eigenvalue weighted by molar-refractivity contribution is 6.30. The quantitative estimate of drug-likeness (QED) is 0.859. The van der Waals surface area contributed by atoms with E-state index in [0.29, 0.717) is 13.0 Å². The van der Waals surface area contributed by atoms with Gasteiger partial charge < -0.3 is 15.7 Å². The first-order valence-corrected chi connectivity index (χ1v) is 7.83. The van der Waals surface area contributed by atoms with E-state index in [2.05, 4.69) is 0 Å². The van der Waals surface area contributed by atoms with Gasteiger partial charge in [0.05, 0.1) is 11.4 Å². The standard InChI is InChI=1S/C16H20ClFN2O3/c1-16(9-10-3-4-11(17)12(18)7-10)5-2-6-20(16)14(21)8-13(19)15(22)23/h3-4,7,13H,2,5-6,8-9,19H2,1H3,(H,22,23)/t13-,16?/m0/s1. The van der Waals surface area contributed by atoms with Gasteiger partial charge in [0, 0.05) is 12.1 Å². The SMILES string of the molecule is CC1(Cc2ccc(Cl)c(F)c2)CCCN1C(=O)C[C@H](N)C(=O)O. The predicted molar refractivity (Wildman–Crippen MR) is 84.7 cm³/mol. The van der Waals surface area contributed by atoms with Crippen molar-refractivity contribution in [3.63, 3.8) is 0 Å². The third-order valence-electron chi connectivity index (χ3n) is 4.33. The molecule has 1 saturated heterocycles.